The molecule has 4 nitrogen and oxygen atoms in total. The van der Waals surface area contributed by atoms with Gasteiger partial charge in [-0.15, -0.1) is 0 Å². The molecule has 0 saturated carbocycles. The highest BCUT2D eigenvalue weighted by Crippen LogP contribution is 2.31. The van der Waals surface area contributed by atoms with Crippen molar-refractivity contribution in [3.8, 4) is 6.07 Å². The largest absolute Gasteiger partial charge is 0.321 e. The molecule has 1 unspecified atom stereocenters. The number of rotatable bonds is 2. The van der Waals surface area contributed by atoms with E-state index in [0.29, 0.717) is 6.54 Å². The zero-order valence-corrected chi connectivity index (χ0v) is 11.9. The lowest BCUT2D eigenvalue weighted by atomic mass is 9.94. The molecule has 4 heteroatoms. The van der Waals surface area contributed by atoms with Crippen molar-refractivity contribution in [2.45, 2.75) is 26.8 Å². The van der Waals surface area contributed by atoms with Gasteiger partial charge in [0.2, 0.25) is 0 Å². The Morgan fingerprint density at radius 1 is 1.32 bits per heavy atom. The third-order valence-corrected chi connectivity index (χ3v) is 4.15. The molecule has 2 amide bonds. The first-order chi connectivity index (χ1) is 8.97. The third kappa shape index (κ3) is 2.17. The maximum atomic E-state index is 12.0. The van der Waals surface area contributed by atoms with Crippen LogP contribution in [0.5, 0.6) is 0 Å². The van der Waals surface area contributed by atoms with Gasteiger partial charge in [0.25, 0.3) is 0 Å². The van der Waals surface area contributed by atoms with Crippen molar-refractivity contribution < 1.29 is 4.79 Å². The molecule has 1 aromatic rings. The van der Waals surface area contributed by atoms with Crippen LogP contribution in [0.1, 0.15) is 28.3 Å². The normalized spacial score (nSPS) is 18.9. The van der Waals surface area contributed by atoms with Crippen molar-refractivity contribution in [2.24, 2.45) is 0 Å². The van der Waals surface area contributed by atoms with Crippen molar-refractivity contribution in [3.63, 3.8) is 0 Å². The first-order valence-electron chi connectivity index (χ1n) is 6.42. The summed E-state index contributed by atoms with van der Waals surface area (Å²) in [5, 5.41) is 8.76. The lowest BCUT2D eigenvalue weighted by Gasteiger charge is -2.21. The molecule has 0 N–H and O–H groups in total. The van der Waals surface area contributed by atoms with Crippen LogP contribution in [0.25, 0.3) is 0 Å². The number of amides is 2. The average Bonchev–Trinajstić information content (AvgIpc) is 2.65. The van der Waals surface area contributed by atoms with E-state index in [0.717, 1.165) is 0 Å². The number of hydrogen-bond donors (Lipinski definition) is 0. The second-order valence-electron chi connectivity index (χ2n) is 5.17. The highest BCUT2D eigenvalue weighted by molar-refractivity contribution is 5.77. The van der Waals surface area contributed by atoms with Gasteiger partial charge in [-0.05, 0) is 43.0 Å². The van der Waals surface area contributed by atoms with E-state index in [1.807, 2.05) is 6.07 Å². The van der Waals surface area contributed by atoms with Gasteiger partial charge in [-0.3, -0.25) is 0 Å². The van der Waals surface area contributed by atoms with E-state index < -0.39 is 0 Å². The van der Waals surface area contributed by atoms with E-state index in [9.17, 15) is 4.79 Å². The summed E-state index contributed by atoms with van der Waals surface area (Å²) in [6.07, 6.45) is 0. The van der Waals surface area contributed by atoms with Crippen molar-refractivity contribution in [1.82, 2.24) is 9.80 Å². The number of hydrogen-bond acceptors (Lipinski definition) is 2. The molecule has 1 aliphatic heterocycles. The van der Waals surface area contributed by atoms with Gasteiger partial charge in [0.1, 0.15) is 6.54 Å². The molecular formula is C15H19N3O. The molecule has 1 aromatic carbocycles. The number of nitriles is 1. The summed E-state index contributed by atoms with van der Waals surface area (Å²) in [4.78, 5) is 15.4. The number of nitrogens with zero attached hydrogens (tertiary/aromatic N) is 3. The lowest BCUT2D eigenvalue weighted by molar-refractivity contribution is 0.199. The van der Waals surface area contributed by atoms with Crippen molar-refractivity contribution in [2.75, 3.05) is 20.1 Å². The number of carbonyl (C=O) groups is 1. The Morgan fingerprint density at radius 3 is 2.63 bits per heavy atom. The molecule has 0 aliphatic carbocycles. The highest BCUT2D eigenvalue weighted by atomic mass is 16.2. The lowest BCUT2D eigenvalue weighted by Crippen LogP contribution is -2.29. The third-order valence-electron chi connectivity index (χ3n) is 4.15. The number of aryl methyl sites for hydroxylation is 1. The Kier molecular flexibility index (Phi) is 3.48. The first kappa shape index (κ1) is 13.4. The zero-order valence-electron chi connectivity index (χ0n) is 11.9. The fourth-order valence-corrected chi connectivity index (χ4v) is 2.63. The summed E-state index contributed by atoms with van der Waals surface area (Å²) < 4.78 is 0. The van der Waals surface area contributed by atoms with Crippen molar-refractivity contribution in [1.29, 1.82) is 5.26 Å². The summed E-state index contributed by atoms with van der Waals surface area (Å²) in [7, 11) is 1.80. The van der Waals surface area contributed by atoms with Crippen molar-refractivity contribution in [3.05, 3.63) is 34.4 Å². The Balaban J connectivity index is 2.36. The quantitative estimate of drug-likeness (QED) is 0.764. The van der Waals surface area contributed by atoms with Crippen molar-refractivity contribution >= 4 is 6.03 Å². The number of carbonyl (C=O) groups excluding carboxylic acids is 1. The highest BCUT2D eigenvalue weighted by Gasteiger charge is 2.36. The number of likely N-dealkylation sites (N-methyl/N-ethyl adjacent to an activating group) is 1. The van der Waals surface area contributed by atoms with E-state index in [-0.39, 0.29) is 18.6 Å². The van der Waals surface area contributed by atoms with Gasteiger partial charge in [0, 0.05) is 13.6 Å². The summed E-state index contributed by atoms with van der Waals surface area (Å²) in [6.45, 7) is 7.05. The molecule has 1 aliphatic rings. The van der Waals surface area contributed by atoms with Crippen LogP contribution in [0.15, 0.2) is 12.1 Å². The van der Waals surface area contributed by atoms with Crippen LogP contribution in [-0.2, 0) is 0 Å². The van der Waals surface area contributed by atoms with E-state index >= 15 is 0 Å². The Hall–Kier alpha value is -2.02. The molecule has 0 bridgehead atoms. The number of benzene rings is 1. The molecule has 1 atom stereocenters. The molecular weight excluding hydrogens is 238 g/mol. The fraction of sp³-hybridized carbons (Fsp3) is 0.467. The minimum Gasteiger partial charge on any atom is -0.319 e. The van der Waals surface area contributed by atoms with Gasteiger partial charge >= 0.3 is 6.03 Å². The standard InChI is InChI=1S/C15H19N3O/c1-10-5-6-13(12(3)11(10)2)14-9-18(8-7-16)15(19)17(14)4/h5-6,14H,8-9H2,1-4H3. The van der Waals surface area contributed by atoms with Gasteiger partial charge in [-0.1, -0.05) is 12.1 Å². The maximum Gasteiger partial charge on any atom is 0.321 e. The molecule has 0 radical (unpaired) electrons. The topological polar surface area (TPSA) is 47.3 Å². The monoisotopic (exact) mass is 257 g/mol. The molecule has 0 spiro atoms. The minimum absolute atomic E-state index is 0.0418. The molecule has 0 aromatic heterocycles. The SMILES string of the molecule is Cc1ccc(C2CN(CC#N)C(=O)N2C)c(C)c1C. The number of urea groups is 1. The Morgan fingerprint density at radius 2 is 2.00 bits per heavy atom. The minimum atomic E-state index is -0.0656. The molecule has 100 valence electrons. The first-order valence-corrected chi connectivity index (χ1v) is 6.42. The zero-order chi connectivity index (χ0) is 14.2. The molecule has 1 fully saturated rings. The fourth-order valence-electron chi connectivity index (χ4n) is 2.63. The van der Waals surface area contributed by atoms with Crippen LogP contribution >= 0.6 is 0 Å². The second-order valence-corrected chi connectivity index (χ2v) is 5.17. The summed E-state index contributed by atoms with van der Waals surface area (Å²) in [5.74, 6) is 0. The van der Waals surface area contributed by atoms with Crippen LogP contribution in [0.4, 0.5) is 4.79 Å². The summed E-state index contributed by atoms with van der Waals surface area (Å²) >= 11 is 0. The Labute approximate surface area is 114 Å². The maximum absolute atomic E-state index is 12.0. The van der Waals surface area contributed by atoms with Gasteiger partial charge in [-0.2, -0.15) is 5.26 Å². The van der Waals surface area contributed by atoms with E-state index in [2.05, 4.69) is 32.9 Å². The van der Waals surface area contributed by atoms with Gasteiger partial charge in [0.15, 0.2) is 0 Å². The van der Waals surface area contributed by atoms with E-state index in [1.165, 1.54) is 22.3 Å². The summed E-state index contributed by atoms with van der Waals surface area (Å²) in [6, 6.07) is 6.22. The predicted molar refractivity (Wildman–Crippen MR) is 73.7 cm³/mol. The predicted octanol–water partition coefficient (Wildman–Crippen LogP) is 2.54. The summed E-state index contributed by atoms with van der Waals surface area (Å²) in [5.41, 5.74) is 4.96. The molecule has 1 heterocycles. The van der Waals surface area contributed by atoms with Gasteiger partial charge in [-0.25, -0.2) is 4.79 Å². The van der Waals surface area contributed by atoms with Crippen LogP contribution in [0.2, 0.25) is 0 Å². The van der Waals surface area contributed by atoms with Crippen LogP contribution < -0.4 is 0 Å². The smallest absolute Gasteiger partial charge is 0.319 e. The van der Waals surface area contributed by atoms with Gasteiger partial charge < -0.3 is 9.80 Å². The van der Waals surface area contributed by atoms with Crippen LogP contribution in [0, 0.1) is 32.1 Å². The van der Waals surface area contributed by atoms with E-state index in [1.54, 1.807) is 16.8 Å². The van der Waals surface area contributed by atoms with E-state index in [4.69, 9.17) is 5.26 Å². The molecule has 1 saturated heterocycles. The average molecular weight is 257 g/mol. The second kappa shape index (κ2) is 4.93. The van der Waals surface area contributed by atoms with Gasteiger partial charge in [0.05, 0.1) is 12.1 Å². The Bertz CT molecular complexity index is 559. The van der Waals surface area contributed by atoms with Crippen LogP contribution in [-0.4, -0.2) is 36.0 Å². The molecule has 19 heavy (non-hydrogen) atoms. The van der Waals surface area contributed by atoms with Crippen LogP contribution in [0.3, 0.4) is 0 Å². The molecule has 2 rings (SSSR count).